The highest BCUT2D eigenvalue weighted by atomic mass is 32.2. The Bertz CT molecular complexity index is 1030. The SMILES string of the molecule is C=CCn1c(SCC2=C(C(=O)OCC)CNC(=O)N2)nnc1-c1ccc(C(C)(C)C)cc1. The van der Waals surface area contributed by atoms with E-state index in [0.29, 0.717) is 28.7 Å². The lowest BCUT2D eigenvalue weighted by molar-refractivity contribution is -0.138. The lowest BCUT2D eigenvalue weighted by Gasteiger charge is -2.21. The molecule has 1 aliphatic heterocycles. The normalized spacial score (nSPS) is 14.1. The number of esters is 1. The quantitative estimate of drug-likeness (QED) is 0.358. The highest BCUT2D eigenvalue weighted by molar-refractivity contribution is 7.99. The van der Waals surface area contributed by atoms with Gasteiger partial charge in [0.25, 0.3) is 0 Å². The van der Waals surface area contributed by atoms with E-state index in [-0.39, 0.29) is 24.6 Å². The Hall–Kier alpha value is -3.07. The third-order valence-corrected chi connectivity index (χ3v) is 5.95. The van der Waals surface area contributed by atoms with Crippen molar-refractivity contribution in [1.82, 2.24) is 25.4 Å². The van der Waals surface area contributed by atoms with Gasteiger partial charge >= 0.3 is 12.0 Å². The van der Waals surface area contributed by atoms with Crippen LogP contribution < -0.4 is 10.6 Å². The van der Waals surface area contributed by atoms with Gasteiger partial charge < -0.3 is 15.4 Å². The van der Waals surface area contributed by atoms with Gasteiger partial charge in [-0.05, 0) is 17.9 Å². The summed E-state index contributed by atoms with van der Waals surface area (Å²) in [6.45, 7) is 13.1. The van der Waals surface area contributed by atoms with Crippen LogP contribution in [0.4, 0.5) is 4.79 Å². The van der Waals surface area contributed by atoms with Crippen LogP contribution in [0.3, 0.4) is 0 Å². The molecule has 0 atom stereocenters. The fourth-order valence-corrected chi connectivity index (χ4v) is 4.16. The summed E-state index contributed by atoms with van der Waals surface area (Å²) < 4.78 is 7.08. The molecule has 2 heterocycles. The third kappa shape index (κ3) is 5.40. The smallest absolute Gasteiger partial charge is 0.337 e. The number of allylic oxidation sites excluding steroid dienone is 1. The molecule has 1 aromatic carbocycles. The first kappa shape index (κ1) is 23.6. The van der Waals surface area contributed by atoms with Crippen molar-refractivity contribution < 1.29 is 14.3 Å². The molecule has 1 aliphatic rings. The van der Waals surface area contributed by atoms with Crippen molar-refractivity contribution in [1.29, 1.82) is 0 Å². The van der Waals surface area contributed by atoms with Crippen LogP contribution in [0.25, 0.3) is 11.4 Å². The van der Waals surface area contributed by atoms with E-state index < -0.39 is 5.97 Å². The Morgan fingerprint density at radius 2 is 2.00 bits per heavy atom. The molecule has 0 radical (unpaired) electrons. The van der Waals surface area contributed by atoms with Crippen molar-refractivity contribution in [2.75, 3.05) is 18.9 Å². The zero-order valence-electron chi connectivity index (χ0n) is 18.9. The lowest BCUT2D eigenvalue weighted by Crippen LogP contribution is -2.44. The molecule has 0 spiro atoms. The maximum atomic E-state index is 12.3. The number of amides is 2. The van der Waals surface area contributed by atoms with Gasteiger partial charge in [0.2, 0.25) is 0 Å². The maximum absolute atomic E-state index is 12.3. The number of carbonyl (C=O) groups is 2. The van der Waals surface area contributed by atoms with Crippen molar-refractivity contribution in [3.05, 3.63) is 53.8 Å². The largest absolute Gasteiger partial charge is 0.463 e. The van der Waals surface area contributed by atoms with Gasteiger partial charge in [-0.15, -0.1) is 16.8 Å². The number of hydrogen-bond acceptors (Lipinski definition) is 6. The van der Waals surface area contributed by atoms with Crippen LogP contribution in [0.2, 0.25) is 0 Å². The van der Waals surface area contributed by atoms with E-state index in [1.54, 1.807) is 13.0 Å². The number of carbonyl (C=O) groups excluding carboxylic acids is 2. The molecule has 8 nitrogen and oxygen atoms in total. The average molecular weight is 456 g/mol. The molecule has 2 aromatic rings. The van der Waals surface area contributed by atoms with Crippen molar-refractivity contribution in [3.63, 3.8) is 0 Å². The highest BCUT2D eigenvalue weighted by Crippen LogP contribution is 2.28. The predicted octanol–water partition coefficient (Wildman–Crippen LogP) is 3.65. The van der Waals surface area contributed by atoms with Crippen LogP contribution >= 0.6 is 11.8 Å². The maximum Gasteiger partial charge on any atom is 0.337 e. The molecule has 0 bridgehead atoms. The number of aromatic nitrogens is 3. The van der Waals surface area contributed by atoms with Gasteiger partial charge in [-0.2, -0.15) is 0 Å². The minimum atomic E-state index is -0.442. The summed E-state index contributed by atoms with van der Waals surface area (Å²) in [6.07, 6.45) is 1.79. The topological polar surface area (TPSA) is 98.1 Å². The van der Waals surface area contributed by atoms with Crippen LogP contribution in [0, 0.1) is 0 Å². The number of benzene rings is 1. The van der Waals surface area contributed by atoms with E-state index in [1.165, 1.54) is 17.3 Å². The number of rotatable bonds is 8. The van der Waals surface area contributed by atoms with Gasteiger partial charge in [0.05, 0.1) is 18.7 Å². The molecule has 0 aliphatic carbocycles. The van der Waals surface area contributed by atoms with E-state index in [0.717, 1.165) is 11.4 Å². The molecule has 0 saturated carbocycles. The zero-order valence-corrected chi connectivity index (χ0v) is 19.7. The molecule has 1 aromatic heterocycles. The van der Waals surface area contributed by atoms with E-state index in [9.17, 15) is 9.59 Å². The first-order valence-corrected chi connectivity index (χ1v) is 11.4. The molecule has 0 saturated heterocycles. The number of hydrogen-bond donors (Lipinski definition) is 2. The zero-order chi connectivity index (χ0) is 23.3. The second kappa shape index (κ2) is 10.0. The molecule has 3 rings (SSSR count). The summed E-state index contributed by atoms with van der Waals surface area (Å²) in [4.78, 5) is 24.1. The highest BCUT2D eigenvalue weighted by Gasteiger charge is 2.24. The second-order valence-electron chi connectivity index (χ2n) is 8.31. The third-order valence-electron chi connectivity index (χ3n) is 4.96. The number of ether oxygens (including phenoxy) is 1. The number of nitrogens with zero attached hydrogens (tertiary/aromatic N) is 3. The van der Waals surface area contributed by atoms with Gasteiger partial charge in [-0.25, -0.2) is 9.59 Å². The first-order valence-electron chi connectivity index (χ1n) is 10.5. The Labute approximate surface area is 192 Å². The molecule has 0 fully saturated rings. The van der Waals surface area contributed by atoms with Crippen LogP contribution in [-0.4, -0.2) is 45.7 Å². The summed E-state index contributed by atoms with van der Waals surface area (Å²) in [5.74, 6) is 0.643. The second-order valence-corrected chi connectivity index (χ2v) is 9.25. The van der Waals surface area contributed by atoms with Crippen molar-refractivity contribution in [2.45, 2.75) is 44.8 Å². The molecular weight excluding hydrogens is 426 g/mol. The summed E-state index contributed by atoms with van der Waals surface area (Å²) in [7, 11) is 0. The Kier molecular flexibility index (Phi) is 7.40. The minimum absolute atomic E-state index is 0.0674. The molecule has 2 N–H and O–H groups in total. The van der Waals surface area contributed by atoms with Crippen molar-refractivity contribution in [3.8, 4) is 11.4 Å². The van der Waals surface area contributed by atoms with Crippen LogP contribution in [-0.2, 0) is 21.5 Å². The Morgan fingerprint density at radius 3 is 2.62 bits per heavy atom. The van der Waals surface area contributed by atoms with Gasteiger partial charge in [0.1, 0.15) is 0 Å². The van der Waals surface area contributed by atoms with Gasteiger partial charge in [-0.3, -0.25) is 4.57 Å². The first-order chi connectivity index (χ1) is 15.2. The molecular formula is C23H29N5O3S. The standard InChI is InChI=1S/C23H29N5O3S/c1-6-12-28-19(15-8-10-16(11-9-15)23(3,4)5)26-27-22(28)32-14-18-17(20(29)31-7-2)13-24-21(30)25-18/h6,8-11H,1,7,12-14H2,2-5H3,(H2,24,25,30). The lowest BCUT2D eigenvalue weighted by atomic mass is 9.87. The molecule has 9 heteroatoms. The Morgan fingerprint density at radius 1 is 1.28 bits per heavy atom. The molecule has 32 heavy (non-hydrogen) atoms. The summed E-state index contributed by atoms with van der Waals surface area (Å²) in [6, 6.07) is 7.97. The number of urea groups is 1. The fourth-order valence-electron chi connectivity index (χ4n) is 3.23. The van der Waals surface area contributed by atoms with Crippen molar-refractivity contribution in [2.24, 2.45) is 0 Å². The molecule has 0 unspecified atom stereocenters. The average Bonchev–Trinajstić information content (AvgIpc) is 3.15. The molecule has 170 valence electrons. The van der Waals surface area contributed by atoms with Crippen molar-refractivity contribution >= 4 is 23.8 Å². The van der Waals surface area contributed by atoms with E-state index in [1.807, 2.05) is 16.7 Å². The van der Waals surface area contributed by atoms with Crippen LogP contribution in [0.1, 0.15) is 33.3 Å². The monoisotopic (exact) mass is 455 g/mol. The fraction of sp³-hybridized carbons (Fsp3) is 0.391. The van der Waals surface area contributed by atoms with E-state index in [2.05, 4.69) is 60.3 Å². The summed E-state index contributed by atoms with van der Waals surface area (Å²) in [5.41, 5.74) is 3.19. The Balaban J connectivity index is 1.86. The number of nitrogens with one attached hydrogen (secondary N) is 2. The van der Waals surface area contributed by atoms with E-state index >= 15 is 0 Å². The van der Waals surface area contributed by atoms with Gasteiger partial charge in [0.15, 0.2) is 11.0 Å². The minimum Gasteiger partial charge on any atom is -0.463 e. The van der Waals surface area contributed by atoms with E-state index in [4.69, 9.17) is 4.74 Å². The van der Waals surface area contributed by atoms with Gasteiger partial charge in [0, 0.05) is 23.6 Å². The number of thioether (sulfide) groups is 1. The van der Waals surface area contributed by atoms with Crippen LogP contribution in [0.15, 0.2) is 53.3 Å². The summed E-state index contributed by atoms with van der Waals surface area (Å²) in [5, 5.41) is 14.7. The van der Waals surface area contributed by atoms with Gasteiger partial charge in [-0.1, -0.05) is 62.9 Å². The van der Waals surface area contributed by atoms with Crippen LogP contribution in [0.5, 0.6) is 0 Å². The molecule has 2 amide bonds. The predicted molar refractivity (Wildman–Crippen MR) is 125 cm³/mol. The summed E-state index contributed by atoms with van der Waals surface area (Å²) >= 11 is 1.39.